The SMILES string of the molecule is CCOC(=O)c1cc(NC(=O)c2c(-c3c(F)cccc3Cl)noc2C)cc(C(=O)OCC)c1. The Balaban J connectivity index is 2.02. The number of nitrogens with zero attached hydrogens (tertiary/aromatic N) is 1. The normalized spacial score (nSPS) is 10.6. The molecule has 1 N–H and O–H groups in total. The van der Waals surface area contributed by atoms with Crippen LogP contribution >= 0.6 is 11.6 Å². The zero-order chi connectivity index (χ0) is 24.1. The number of anilines is 1. The maximum absolute atomic E-state index is 14.4. The fraction of sp³-hybridized carbons (Fsp3) is 0.217. The molecular weight excluding hydrogens is 455 g/mol. The summed E-state index contributed by atoms with van der Waals surface area (Å²) in [6.45, 7) is 5.01. The number of nitrogens with one attached hydrogen (secondary N) is 1. The van der Waals surface area contributed by atoms with Crippen LogP contribution in [0.25, 0.3) is 11.3 Å². The number of carbonyl (C=O) groups is 3. The third-order valence-electron chi connectivity index (χ3n) is 4.50. The van der Waals surface area contributed by atoms with Crippen molar-refractivity contribution in [2.24, 2.45) is 0 Å². The third kappa shape index (κ3) is 5.20. The van der Waals surface area contributed by atoms with Crippen LogP contribution in [0.5, 0.6) is 0 Å². The van der Waals surface area contributed by atoms with Gasteiger partial charge in [0.25, 0.3) is 5.91 Å². The lowest BCUT2D eigenvalue weighted by atomic mass is 10.0. The molecule has 3 aromatic rings. The van der Waals surface area contributed by atoms with Gasteiger partial charge in [-0.2, -0.15) is 0 Å². The van der Waals surface area contributed by atoms with E-state index in [1.165, 1.54) is 43.3 Å². The molecule has 2 aromatic carbocycles. The molecule has 0 aliphatic rings. The molecule has 3 rings (SSSR count). The Bertz CT molecular complexity index is 1170. The molecule has 0 radical (unpaired) electrons. The van der Waals surface area contributed by atoms with Crippen LogP contribution in [-0.2, 0) is 9.47 Å². The van der Waals surface area contributed by atoms with E-state index < -0.39 is 23.7 Å². The van der Waals surface area contributed by atoms with Gasteiger partial charge in [0.05, 0.1) is 34.9 Å². The summed E-state index contributed by atoms with van der Waals surface area (Å²) >= 11 is 6.12. The number of halogens is 2. The van der Waals surface area contributed by atoms with Crippen LogP contribution in [0.15, 0.2) is 40.9 Å². The smallest absolute Gasteiger partial charge is 0.338 e. The van der Waals surface area contributed by atoms with Gasteiger partial charge < -0.3 is 19.3 Å². The van der Waals surface area contributed by atoms with Gasteiger partial charge in [-0.25, -0.2) is 14.0 Å². The molecule has 1 heterocycles. The average Bonchev–Trinajstić information content (AvgIpc) is 3.14. The minimum Gasteiger partial charge on any atom is -0.462 e. The molecule has 0 unspecified atom stereocenters. The summed E-state index contributed by atoms with van der Waals surface area (Å²) in [4.78, 5) is 37.6. The number of amides is 1. The molecule has 33 heavy (non-hydrogen) atoms. The number of carbonyl (C=O) groups excluding carboxylic acids is 3. The molecule has 0 atom stereocenters. The molecule has 0 saturated heterocycles. The van der Waals surface area contributed by atoms with E-state index >= 15 is 0 Å². The number of hydrogen-bond acceptors (Lipinski definition) is 7. The predicted octanol–water partition coefficient (Wildman–Crippen LogP) is 5.05. The number of ether oxygens (including phenoxy) is 2. The van der Waals surface area contributed by atoms with Crippen LogP contribution in [-0.4, -0.2) is 36.2 Å². The highest BCUT2D eigenvalue weighted by atomic mass is 35.5. The maximum Gasteiger partial charge on any atom is 0.338 e. The Kier molecular flexibility index (Phi) is 7.44. The molecule has 0 aliphatic carbocycles. The first kappa shape index (κ1) is 23.9. The zero-order valence-electron chi connectivity index (χ0n) is 18.0. The third-order valence-corrected chi connectivity index (χ3v) is 4.82. The van der Waals surface area contributed by atoms with Gasteiger partial charge >= 0.3 is 11.9 Å². The summed E-state index contributed by atoms with van der Waals surface area (Å²) in [5, 5.41) is 6.44. The zero-order valence-corrected chi connectivity index (χ0v) is 18.8. The van der Waals surface area contributed by atoms with Gasteiger partial charge in [0.1, 0.15) is 22.8 Å². The van der Waals surface area contributed by atoms with Crippen LogP contribution in [0.1, 0.15) is 50.7 Å². The molecule has 0 fully saturated rings. The van der Waals surface area contributed by atoms with Crippen LogP contribution in [0.2, 0.25) is 5.02 Å². The number of rotatable bonds is 7. The van der Waals surface area contributed by atoms with Gasteiger partial charge in [-0.05, 0) is 51.1 Å². The number of hydrogen-bond donors (Lipinski definition) is 1. The van der Waals surface area contributed by atoms with Gasteiger partial charge in [-0.3, -0.25) is 4.79 Å². The van der Waals surface area contributed by atoms with Crippen molar-refractivity contribution in [3.05, 3.63) is 69.7 Å². The van der Waals surface area contributed by atoms with E-state index in [0.717, 1.165) is 0 Å². The fourth-order valence-electron chi connectivity index (χ4n) is 3.09. The molecule has 0 bridgehead atoms. The fourth-order valence-corrected chi connectivity index (χ4v) is 3.34. The number of esters is 2. The molecule has 0 aliphatic heterocycles. The minimum atomic E-state index is -0.709. The van der Waals surface area contributed by atoms with E-state index in [0.29, 0.717) is 0 Å². The molecule has 0 saturated carbocycles. The first-order chi connectivity index (χ1) is 15.8. The number of benzene rings is 2. The lowest BCUT2D eigenvalue weighted by Gasteiger charge is -2.11. The molecule has 1 amide bonds. The summed E-state index contributed by atoms with van der Waals surface area (Å²) in [6, 6.07) is 8.06. The number of aryl methyl sites for hydroxylation is 1. The highest BCUT2D eigenvalue weighted by Gasteiger charge is 2.26. The highest BCUT2D eigenvalue weighted by Crippen LogP contribution is 2.34. The molecule has 0 spiro atoms. The van der Waals surface area contributed by atoms with Crippen LogP contribution in [0.4, 0.5) is 10.1 Å². The molecule has 10 heteroatoms. The van der Waals surface area contributed by atoms with E-state index in [9.17, 15) is 18.8 Å². The van der Waals surface area contributed by atoms with Crippen molar-refractivity contribution >= 4 is 35.1 Å². The molecule has 1 aromatic heterocycles. The van der Waals surface area contributed by atoms with Crippen molar-refractivity contribution in [2.75, 3.05) is 18.5 Å². The second kappa shape index (κ2) is 10.3. The van der Waals surface area contributed by atoms with Gasteiger partial charge in [-0.15, -0.1) is 0 Å². The Hall–Kier alpha value is -3.72. The highest BCUT2D eigenvalue weighted by molar-refractivity contribution is 6.33. The van der Waals surface area contributed by atoms with E-state index in [1.54, 1.807) is 13.8 Å². The summed E-state index contributed by atoms with van der Waals surface area (Å²) in [5.41, 5.74) is -0.0378. The first-order valence-corrected chi connectivity index (χ1v) is 10.4. The van der Waals surface area contributed by atoms with Gasteiger partial charge in [0.2, 0.25) is 0 Å². The van der Waals surface area contributed by atoms with Gasteiger partial charge in [-0.1, -0.05) is 22.8 Å². The van der Waals surface area contributed by atoms with Crippen molar-refractivity contribution in [1.82, 2.24) is 5.16 Å². The average molecular weight is 475 g/mol. The summed E-state index contributed by atoms with van der Waals surface area (Å²) < 4.78 is 29.6. The lowest BCUT2D eigenvalue weighted by Crippen LogP contribution is -2.16. The second-order valence-electron chi connectivity index (χ2n) is 6.75. The Morgan fingerprint density at radius 1 is 1.06 bits per heavy atom. The van der Waals surface area contributed by atoms with E-state index in [-0.39, 0.29) is 57.6 Å². The van der Waals surface area contributed by atoms with E-state index in [4.69, 9.17) is 25.6 Å². The largest absolute Gasteiger partial charge is 0.462 e. The van der Waals surface area contributed by atoms with Crippen molar-refractivity contribution in [2.45, 2.75) is 20.8 Å². The standard InChI is InChI=1S/C23H20ClFN2O6/c1-4-31-22(29)13-9-14(23(30)32-5-2)11-15(10-13)26-21(28)18-12(3)33-27-20(18)19-16(24)7-6-8-17(19)25/h6-11H,4-5H2,1-3H3,(H,26,28). The van der Waals surface area contributed by atoms with Crippen molar-refractivity contribution in [3.8, 4) is 11.3 Å². The molecule has 8 nitrogen and oxygen atoms in total. The maximum atomic E-state index is 14.4. The Labute approximate surface area is 193 Å². The number of aromatic nitrogens is 1. The summed E-state index contributed by atoms with van der Waals surface area (Å²) in [5.74, 6) is -2.63. The monoisotopic (exact) mass is 474 g/mol. The van der Waals surface area contributed by atoms with Crippen molar-refractivity contribution in [3.63, 3.8) is 0 Å². The summed E-state index contributed by atoms with van der Waals surface area (Å²) in [6.07, 6.45) is 0. The van der Waals surface area contributed by atoms with Crippen molar-refractivity contribution < 1.29 is 32.8 Å². The van der Waals surface area contributed by atoms with Crippen LogP contribution < -0.4 is 5.32 Å². The van der Waals surface area contributed by atoms with E-state index in [2.05, 4.69) is 10.5 Å². The molecular formula is C23H20ClFN2O6. The van der Waals surface area contributed by atoms with Crippen molar-refractivity contribution in [1.29, 1.82) is 0 Å². The first-order valence-electron chi connectivity index (χ1n) is 9.98. The van der Waals surface area contributed by atoms with Crippen LogP contribution in [0.3, 0.4) is 0 Å². The van der Waals surface area contributed by atoms with Gasteiger partial charge in [0.15, 0.2) is 0 Å². The summed E-state index contributed by atoms with van der Waals surface area (Å²) in [7, 11) is 0. The van der Waals surface area contributed by atoms with E-state index in [1.807, 2.05) is 0 Å². The minimum absolute atomic E-state index is 0.0390. The molecule has 172 valence electrons. The topological polar surface area (TPSA) is 108 Å². The Morgan fingerprint density at radius 3 is 2.21 bits per heavy atom. The predicted molar refractivity (Wildman–Crippen MR) is 118 cm³/mol. The van der Waals surface area contributed by atoms with Gasteiger partial charge in [0, 0.05) is 5.69 Å². The van der Waals surface area contributed by atoms with Crippen LogP contribution in [0, 0.1) is 12.7 Å². The quantitative estimate of drug-likeness (QED) is 0.477. The lowest BCUT2D eigenvalue weighted by molar-refractivity contribution is 0.0525. The second-order valence-corrected chi connectivity index (χ2v) is 7.16. The Morgan fingerprint density at radius 2 is 1.67 bits per heavy atom.